The summed E-state index contributed by atoms with van der Waals surface area (Å²) in [5.41, 5.74) is 2.93. The van der Waals surface area contributed by atoms with Crippen molar-refractivity contribution in [2.24, 2.45) is 0 Å². The Morgan fingerprint density at radius 2 is 1.86 bits per heavy atom. The van der Waals surface area contributed by atoms with Gasteiger partial charge in [0.25, 0.3) is 0 Å². The first-order chi connectivity index (χ1) is 6.34. The topological polar surface area (TPSA) is 0 Å². The van der Waals surface area contributed by atoms with Gasteiger partial charge >= 0.3 is 0 Å². The molecular formula is C10H17Cl2P2+. The smallest absolute Gasteiger partial charge is 0.0781 e. The van der Waals surface area contributed by atoms with Crippen molar-refractivity contribution in [1.82, 2.24) is 0 Å². The molecule has 0 N–H and O–H groups in total. The second-order valence-electron chi connectivity index (χ2n) is 4.20. The van der Waals surface area contributed by atoms with Crippen LogP contribution >= 0.6 is 36.4 Å². The Morgan fingerprint density at radius 3 is 2.21 bits per heavy atom. The summed E-state index contributed by atoms with van der Waals surface area (Å²) in [6, 6.07) is 0. The fourth-order valence-electron chi connectivity index (χ4n) is 1.98. The molecule has 0 amide bonds. The number of hydrogen-bond donors (Lipinski definition) is 0. The summed E-state index contributed by atoms with van der Waals surface area (Å²) in [6.07, 6.45) is 2.02. The van der Waals surface area contributed by atoms with Crippen molar-refractivity contribution >= 4 is 36.4 Å². The molecule has 1 heterocycles. The standard InChI is InChI=1S/C10H17Cl2P2/c1-8-7-14(3,4)10(9(8)2)5-6-13(11)12/h7H,5-6H2,1-4H3/q+1. The third kappa shape index (κ3) is 2.96. The molecule has 0 saturated carbocycles. The van der Waals surface area contributed by atoms with Crippen LogP contribution in [0.1, 0.15) is 20.3 Å². The molecule has 80 valence electrons. The highest BCUT2D eigenvalue weighted by Crippen LogP contribution is 2.68. The van der Waals surface area contributed by atoms with Crippen LogP contribution in [0.15, 0.2) is 22.3 Å². The summed E-state index contributed by atoms with van der Waals surface area (Å²) < 4.78 is 0. The van der Waals surface area contributed by atoms with Crippen molar-refractivity contribution < 1.29 is 0 Å². The minimum atomic E-state index is -0.961. The van der Waals surface area contributed by atoms with E-state index in [1.165, 1.54) is 11.1 Å². The number of halogens is 2. The highest BCUT2D eigenvalue weighted by atomic mass is 35.9. The van der Waals surface area contributed by atoms with E-state index in [1.54, 1.807) is 5.31 Å². The lowest BCUT2D eigenvalue weighted by molar-refractivity contribution is 1.17. The van der Waals surface area contributed by atoms with Crippen LogP contribution in [0.25, 0.3) is 0 Å². The highest BCUT2D eigenvalue weighted by molar-refractivity contribution is 8.03. The zero-order chi connectivity index (χ0) is 10.9. The van der Waals surface area contributed by atoms with Crippen molar-refractivity contribution in [2.45, 2.75) is 20.3 Å². The maximum Gasteiger partial charge on any atom is 0.0859 e. The highest BCUT2D eigenvalue weighted by Gasteiger charge is 2.36. The first-order valence-electron chi connectivity index (χ1n) is 4.67. The van der Waals surface area contributed by atoms with Gasteiger partial charge in [0.15, 0.2) is 0 Å². The lowest BCUT2D eigenvalue weighted by Gasteiger charge is -2.14. The van der Waals surface area contributed by atoms with E-state index in [4.69, 9.17) is 22.5 Å². The van der Waals surface area contributed by atoms with Crippen molar-refractivity contribution in [3.8, 4) is 0 Å². The normalized spacial score (nSPS) is 20.6. The fraction of sp³-hybridized carbons (Fsp3) is 0.600. The summed E-state index contributed by atoms with van der Waals surface area (Å²) in [7, 11) is -0.961. The van der Waals surface area contributed by atoms with Gasteiger partial charge in [0, 0.05) is 12.6 Å². The minimum absolute atomic E-state index is 0.786. The van der Waals surface area contributed by atoms with E-state index < -0.39 is 13.9 Å². The maximum absolute atomic E-state index is 5.84. The summed E-state index contributed by atoms with van der Waals surface area (Å²) in [6.45, 7) is 8.38. The van der Waals surface area contributed by atoms with Crippen LogP contribution in [0, 0.1) is 0 Å². The Kier molecular flexibility index (Phi) is 4.49. The zero-order valence-electron chi connectivity index (χ0n) is 9.14. The van der Waals surface area contributed by atoms with Crippen LogP contribution in [0.2, 0.25) is 0 Å². The molecule has 0 aliphatic carbocycles. The number of allylic oxidation sites excluding steroid dienone is 3. The molecule has 0 aromatic heterocycles. The van der Waals surface area contributed by atoms with Crippen LogP contribution in [-0.2, 0) is 0 Å². The largest absolute Gasteiger partial charge is 0.0859 e. The van der Waals surface area contributed by atoms with Gasteiger partial charge in [0.05, 0.1) is 38.4 Å². The fourth-order valence-corrected chi connectivity index (χ4v) is 6.11. The molecule has 0 radical (unpaired) electrons. The van der Waals surface area contributed by atoms with Gasteiger partial charge in [-0.25, -0.2) is 0 Å². The predicted molar refractivity (Wildman–Crippen MR) is 73.3 cm³/mol. The molecule has 0 nitrogen and oxygen atoms in total. The third-order valence-corrected chi connectivity index (χ3v) is 7.31. The summed E-state index contributed by atoms with van der Waals surface area (Å²) >= 11 is 11.7. The lowest BCUT2D eigenvalue weighted by Crippen LogP contribution is -1.91. The molecular weight excluding hydrogens is 253 g/mol. The van der Waals surface area contributed by atoms with Gasteiger partial charge in [-0.05, 0) is 25.0 Å². The Labute approximate surface area is 98.4 Å². The average Bonchev–Trinajstić information content (AvgIpc) is 2.19. The first kappa shape index (κ1) is 13.0. The average molecular weight is 270 g/mol. The van der Waals surface area contributed by atoms with E-state index >= 15 is 0 Å². The second kappa shape index (κ2) is 4.84. The summed E-state index contributed by atoms with van der Waals surface area (Å²) in [4.78, 5) is 0. The Bertz CT molecular complexity index is 290. The molecule has 0 bridgehead atoms. The molecule has 1 aliphatic heterocycles. The quantitative estimate of drug-likeness (QED) is 0.582. The van der Waals surface area contributed by atoms with Crippen LogP contribution < -0.4 is 0 Å². The third-order valence-electron chi connectivity index (χ3n) is 2.75. The lowest BCUT2D eigenvalue weighted by atomic mass is 10.1. The molecule has 0 spiro atoms. The molecule has 0 aromatic carbocycles. The van der Waals surface area contributed by atoms with Gasteiger partial charge in [-0.1, -0.05) is 22.5 Å². The van der Waals surface area contributed by atoms with Crippen molar-refractivity contribution in [2.75, 3.05) is 19.5 Å². The Balaban J connectivity index is 2.78. The molecule has 4 heteroatoms. The molecule has 0 fully saturated rings. The van der Waals surface area contributed by atoms with Gasteiger partial charge in [-0.15, -0.1) is 0 Å². The Morgan fingerprint density at radius 1 is 1.29 bits per heavy atom. The van der Waals surface area contributed by atoms with Crippen LogP contribution in [0.5, 0.6) is 0 Å². The van der Waals surface area contributed by atoms with Crippen molar-refractivity contribution in [3.63, 3.8) is 0 Å². The minimum Gasteiger partial charge on any atom is -0.0781 e. The van der Waals surface area contributed by atoms with Gasteiger partial charge in [-0.3, -0.25) is 0 Å². The van der Waals surface area contributed by atoms with Crippen LogP contribution in [0.3, 0.4) is 0 Å². The van der Waals surface area contributed by atoms with Crippen molar-refractivity contribution in [1.29, 1.82) is 0 Å². The van der Waals surface area contributed by atoms with Gasteiger partial charge in [-0.2, -0.15) is 0 Å². The van der Waals surface area contributed by atoms with E-state index in [1.807, 2.05) is 0 Å². The predicted octanol–water partition coefficient (Wildman–Crippen LogP) is 5.63. The molecule has 1 rings (SSSR count). The van der Waals surface area contributed by atoms with Gasteiger partial charge in [0.2, 0.25) is 0 Å². The Hall–Kier alpha value is 0.920. The molecule has 1 aliphatic rings. The first-order valence-corrected chi connectivity index (χ1v) is 10.8. The summed E-state index contributed by atoms with van der Waals surface area (Å²) in [5, 5.41) is 1.61. The number of hydrogen-bond acceptors (Lipinski definition) is 0. The molecule has 0 saturated heterocycles. The SMILES string of the molecule is CC1=C[P+](C)(C)C(CCP(Cl)Cl)=C1C. The molecule has 0 atom stereocenters. The summed E-state index contributed by atoms with van der Waals surface area (Å²) in [5.74, 6) is 2.45. The second-order valence-corrected chi connectivity index (χ2v) is 12.1. The van der Waals surface area contributed by atoms with Gasteiger partial charge < -0.3 is 0 Å². The number of rotatable bonds is 3. The molecule has 0 unspecified atom stereocenters. The van der Waals surface area contributed by atoms with Crippen molar-refractivity contribution in [3.05, 3.63) is 22.3 Å². The van der Waals surface area contributed by atoms with Gasteiger partial charge in [0.1, 0.15) is 0 Å². The van der Waals surface area contributed by atoms with Crippen LogP contribution in [0.4, 0.5) is 0 Å². The van der Waals surface area contributed by atoms with E-state index in [-0.39, 0.29) is 0 Å². The monoisotopic (exact) mass is 269 g/mol. The van der Waals surface area contributed by atoms with E-state index in [2.05, 4.69) is 33.0 Å². The van der Waals surface area contributed by atoms with E-state index in [0.29, 0.717) is 0 Å². The maximum atomic E-state index is 5.84. The van der Waals surface area contributed by atoms with Crippen LogP contribution in [-0.4, -0.2) is 19.5 Å². The molecule has 0 aromatic rings. The zero-order valence-corrected chi connectivity index (χ0v) is 12.4. The molecule has 14 heavy (non-hydrogen) atoms. The van der Waals surface area contributed by atoms with E-state index in [9.17, 15) is 0 Å². The van der Waals surface area contributed by atoms with E-state index in [0.717, 1.165) is 12.6 Å².